The minimum absolute atomic E-state index is 1.11. The summed E-state index contributed by atoms with van der Waals surface area (Å²) in [4.78, 5) is 4.05. The van der Waals surface area contributed by atoms with Gasteiger partial charge in [0.1, 0.15) is 0 Å². The molecule has 1 aromatic heterocycles. The van der Waals surface area contributed by atoms with E-state index in [0.717, 1.165) is 5.69 Å². The third-order valence-electron chi connectivity index (χ3n) is 2.10. The number of imidazole rings is 1. The Bertz CT molecular complexity index is 427. The minimum Gasteiger partial charge on any atom is -0.334 e. The van der Waals surface area contributed by atoms with E-state index in [2.05, 4.69) is 29.3 Å². The first-order chi connectivity index (χ1) is 6.86. The van der Waals surface area contributed by atoms with Gasteiger partial charge in [-0.05, 0) is 11.6 Å². The fourth-order valence-electron chi connectivity index (χ4n) is 1.27. The first kappa shape index (κ1) is 8.75. The normalized spacial score (nSPS) is 10.9. The van der Waals surface area contributed by atoms with Crippen LogP contribution < -0.4 is 0 Å². The van der Waals surface area contributed by atoms with Crippen LogP contribution >= 0.6 is 0 Å². The van der Waals surface area contributed by atoms with E-state index in [0.29, 0.717) is 0 Å². The van der Waals surface area contributed by atoms with Crippen LogP contribution in [-0.4, -0.2) is 9.55 Å². The molecule has 0 spiro atoms. The second-order valence-electron chi connectivity index (χ2n) is 3.17. The van der Waals surface area contributed by atoms with Crippen molar-refractivity contribution in [3.8, 4) is 0 Å². The highest BCUT2D eigenvalue weighted by atomic mass is 15.0. The fraction of sp³-hybridized carbons (Fsp3) is 0.0833. The van der Waals surface area contributed by atoms with E-state index >= 15 is 0 Å². The summed E-state index contributed by atoms with van der Waals surface area (Å²) in [5.41, 5.74) is 2.31. The number of aromatic nitrogens is 2. The summed E-state index contributed by atoms with van der Waals surface area (Å²) in [7, 11) is 1.98. The molecule has 2 heteroatoms. The maximum absolute atomic E-state index is 4.05. The summed E-state index contributed by atoms with van der Waals surface area (Å²) in [6, 6.07) is 10.2. The molecule has 0 amide bonds. The van der Waals surface area contributed by atoms with Crippen molar-refractivity contribution >= 4 is 12.2 Å². The van der Waals surface area contributed by atoms with Crippen LogP contribution in [0, 0.1) is 0 Å². The van der Waals surface area contributed by atoms with E-state index in [4.69, 9.17) is 0 Å². The molecule has 0 radical (unpaired) electrons. The summed E-state index contributed by atoms with van der Waals surface area (Å²) in [6.07, 6.45) is 7.78. The zero-order chi connectivity index (χ0) is 9.80. The van der Waals surface area contributed by atoms with Gasteiger partial charge in [-0.3, -0.25) is 0 Å². The zero-order valence-corrected chi connectivity index (χ0v) is 8.09. The SMILES string of the molecule is Cn1cncc1/C=C/c1ccccc1. The molecule has 0 atom stereocenters. The molecule has 1 aromatic carbocycles. The van der Waals surface area contributed by atoms with Crippen LogP contribution in [0.3, 0.4) is 0 Å². The lowest BCUT2D eigenvalue weighted by atomic mass is 10.2. The highest BCUT2D eigenvalue weighted by Gasteiger charge is 1.91. The summed E-state index contributed by atoms with van der Waals surface area (Å²) in [5.74, 6) is 0. The molecule has 0 fully saturated rings. The molecule has 0 saturated carbocycles. The molecule has 0 aliphatic heterocycles. The first-order valence-corrected chi connectivity index (χ1v) is 4.56. The van der Waals surface area contributed by atoms with Crippen LogP contribution in [0.4, 0.5) is 0 Å². The second-order valence-corrected chi connectivity index (χ2v) is 3.17. The van der Waals surface area contributed by atoms with Gasteiger partial charge in [0, 0.05) is 7.05 Å². The van der Waals surface area contributed by atoms with E-state index < -0.39 is 0 Å². The summed E-state index contributed by atoms with van der Waals surface area (Å²) in [6.45, 7) is 0. The molecule has 2 aromatic rings. The number of hydrogen-bond donors (Lipinski definition) is 0. The smallest absolute Gasteiger partial charge is 0.0948 e. The van der Waals surface area contributed by atoms with Crippen LogP contribution in [0.5, 0.6) is 0 Å². The lowest BCUT2D eigenvalue weighted by Gasteiger charge is -1.94. The number of rotatable bonds is 2. The third kappa shape index (κ3) is 1.91. The highest BCUT2D eigenvalue weighted by Crippen LogP contribution is 2.06. The topological polar surface area (TPSA) is 17.8 Å². The molecule has 0 saturated heterocycles. The van der Waals surface area contributed by atoms with Gasteiger partial charge in [-0.25, -0.2) is 4.98 Å². The maximum atomic E-state index is 4.05. The summed E-state index contributed by atoms with van der Waals surface area (Å²) < 4.78 is 1.99. The van der Waals surface area contributed by atoms with E-state index in [1.807, 2.05) is 36.0 Å². The zero-order valence-electron chi connectivity index (χ0n) is 8.09. The lowest BCUT2D eigenvalue weighted by molar-refractivity contribution is 0.902. The maximum Gasteiger partial charge on any atom is 0.0948 e. The lowest BCUT2D eigenvalue weighted by Crippen LogP contribution is -1.86. The van der Waals surface area contributed by atoms with Crippen molar-refractivity contribution < 1.29 is 0 Å². The van der Waals surface area contributed by atoms with Gasteiger partial charge in [-0.2, -0.15) is 0 Å². The van der Waals surface area contributed by atoms with Crippen LogP contribution in [0.2, 0.25) is 0 Å². The Hall–Kier alpha value is -1.83. The molecule has 2 rings (SSSR count). The van der Waals surface area contributed by atoms with Gasteiger partial charge in [-0.15, -0.1) is 0 Å². The average molecular weight is 184 g/mol. The molecule has 14 heavy (non-hydrogen) atoms. The van der Waals surface area contributed by atoms with Crippen molar-refractivity contribution in [2.75, 3.05) is 0 Å². The van der Waals surface area contributed by atoms with Gasteiger partial charge >= 0.3 is 0 Å². The Balaban J connectivity index is 2.20. The van der Waals surface area contributed by atoms with Crippen molar-refractivity contribution in [2.45, 2.75) is 0 Å². The van der Waals surface area contributed by atoms with Gasteiger partial charge in [0.05, 0.1) is 18.2 Å². The quantitative estimate of drug-likeness (QED) is 0.701. The summed E-state index contributed by atoms with van der Waals surface area (Å²) >= 11 is 0. The van der Waals surface area contributed by atoms with Gasteiger partial charge < -0.3 is 4.57 Å². The van der Waals surface area contributed by atoms with Crippen molar-refractivity contribution in [3.63, 3.8) is 0 Å². The number of nitrogens with zero attached hydrogens (tertiary/aromatic N) is 2. The van der Waals surface area contributed by atoms with E-state index in [1.165, 1.54) is 5.56 Å². The third-order valence-corrected chi connectivity index (χ3v) is 2.10. The van der Waals surface area contributed by atoms with Crippen molar-refractivity contribution in [1.29, 1.82) is 0 Å². The molecule has 2 nitrogen and oxygen atoms in total. The van der Waals surface area contributed by atoms with Gasteiger partial charge in [0.25, 0.3) is 0 Å². The van der Waals surface area contributed by atoms with E-state index in [-0.39, 0.29) is 0 Å². The van der Waals surface area contributed by atoms with Gasteiger partial charge in [0.2, 0.25) is 0 Å². The van der Waals surface area contributed by atoms with Gasteiger partial charge in [0.15, 0.2) is 0 Å². The molecule has 0 aliphatic carbocycles. The Morgan fingerprint density at radius 3 is 2.57 bits per heavy atom. The Kier molecular flexibility index (Phi) is 2.45. The van der Waals surface area contributed by atoms with Crippen LogP contribution in [0.25, 0.3) is 12.2 Å². The predicted octanol–water partition coefficient (Wildman–Crippen LogP) is 2.59. The van der Waals surface area contributed by atoms with Crippen molar-refractivity contribution in [1.82, 2.24) is 9.55 Å². The fourth-order valence-corrected chi connectivity index (χ4v) is 1.27. The standard InChI is InChI=1S/C12H12N2/c1-14-10-13-9-12(14)8-7-11-5-3-2-4-6-11/h2-10H,1H3/b8-7+. The molecular formula is C12H12N2. The molecule has 70 valence electrons. The number of hydrogen-bond acceptors (Lipinski definition) is 1. The second kappa shape index (κ2) is 3.92. The van der Waals surface area contributed by atoms with Crippen LogP contribution in [-0.2, 0) is 7.05 Å². The van der Waals surface area contributed by atoms with Crippen LogP contribution in [0.1, 0.15) is 11.3 Å². The molecule has 0 unspecified atom stereocenters. The van der Waals surface area contributed by atoms with E-state index in [9.17, 15) is 0 Å². The van der Waals surface area contributed by atoms with Gasteiger partial charge in [-0.1, -0.05) is 36.4 Å². The minimum atomic E-state index is 1.11. The molecular weight excluding hydrogens is 172 g/mol. The molecule has 0 aliphatic rings. The van der Waals surface area contributed by atoms with Crippen molar-refractivity contribution in [2.24, 2.45) is 7.05 Å². The highest BCUT2D eigenvalue weighted by molar-refractivity contribution is 5.67. The first-order valence-electron chi connectivity index (χ1n) is 4.56. The molecule has 0 bridgehead atoms. The number of benzene rings is 1. The van der Waals surface area contributed by atoms with Crippen LogP contribution in [0.15, 0.2) is 42.9 Å². The Labute approximate surface area is 83.5 Å². The van der Waals surface area contributed by atoms with E-state index in [1.54, 1.807) is 6.33 Å². The molecule has 0 N–H and O–H groups in total. The predicted molar refractivity (Wildman–Crippen MR) is 58.6 cm³/mol. The Morgan fingerprint density at radius 2 is 1.93 bits per heavy atom. The number of aryl methyl sites for hydroxylation is 1. The van der Waals surface area contributed by atoms with Crippen molar-refractivity contribution in [3.05, 3.63) is 54.1 Å². The molecule has 1 heterocycles. The summed E-state index contributed by atoms with van der Waals surface area (Å²) in [5, 5.41) is 0. The average Bonchev–Trinajstić information content (AvgIpc) is 2.63. The Morgan fingerprint density at radius 1 is 1.14 bits per heavy atom. The largest absolute Gasteiger partial charge is 0.334 e. The monoisotopic (exact) mass is 184 g/mol.